The van der Waals surface area contributed by atoms with E-state index in [9.17, 15) is 20.1 Å². The minimum atomic E-state index is -1.44. The molecule has 0 amide bonds. The lowest BCUT2D eigenvalue weighted by Gasteiger charge is -2.58. The van der Waals surface area contributed by atoms with Crippen LogP contribution in [0.3, 0.4) is 0 Å². The summed E-state index contributed by atoms with van der Waals surface area (Å²) >= 11 is 0. The summed E-state index contributed by atoms with van der Waals surface area (Å²) in [6.45, 7) is 10.2. The fraction of sp³-hybridized carbons (Fsp3) is 0.828. The van der Waals surface area contributed by atoms with E-state index in [1.54, 1.807) is 0 Å². The van der Waals surface area contributed by atoms with Gasteiger partial charge in [0.25, 0.3) is 0 Å². The molecule has 36 heavy (non-hydrogen) atoms. The predicted octanol–water partition coefficient (Wildman–Crippen LogP) is 3.51. The Morgan fingerprint density at radius 3 is 2.61 bits per heavy atom. The molecule has 12 atom stereocenters. The average Bonchev–Trinajstić information content (AvgIpc) is 3.20. The van der Waals surface area contributed by atoms with E-state index in [2.05, 4.69) is 32.6 Å². The molecule has 0 aromatic rings. The maximum atomic E-state index is 11.2. The number of hydrogen-bond acceptors (Lipinski definition) is 7. The van der Waals surface area contributed by atoms with E-state index in [0.717, 1.165) is 37.5 Å². The van der Waals surface area contributed by atoms with E-state index in [1.165, 1.54) is 38.2 Å². The Morgan fingerprint density at radius 1 is 1.11 bits per heavy atom. The highest BCUT2D eigenvalue weighted by Gasteiger charge is 2.58. The van der Waals surface area contributed by atoms with E-state index in [0.29, 0.717) is 17.3 Å². The molecule has 1 heterocycles. The van der Waals surface area contributed by atoms with Crippen LogP contribution in [0.25, 0.3) is 0 Å². The highest BCUT2D eigenvalue weighted by Crippen LogP contribution is 2.66. The molecular weight excluding hydrogens is 460 g/mol. The van der Waals surface area contributed by atoms with Crippen LogP contribution in [0.4, 0.5) is 0 Å². The standard InChI is InChI=1S/C29H44O7/c1-5-17-7-9-21-20-8-6-18-14-19(10-12-29(18,4)22(20)11-13-28(17,21)3)35-27-26(33)25(32)24(31)23(36-27)15-34-16(2)30/h5-6,17,19-27,31-33H,1,7-15H2,2-4H3/t17-,19-,20-,21-,22-,23-,24+,25+,26-,27+,28+,29-/m0/s1. The Hall–Kier alpha value is -1.25. The van der Waals surface area contributed by atoms with Gasteiger partial charge in [-0.05, 0) is 85.9 Å². The summed E-state index contributed by atoms with van der Waals surface area (Å²) < 4.78 is 17.0. The first-order valence-corrected chi connectivity index (χ1v) is 13.9. The van der Waals surface area contributed by atoms with Crippen molar-refractivity contribution < 1.29 is 34.3 Å². The second-order valence-electron chi connectivity index (χ2n) is 12.5. The van der Waals surface area contributed by atoms with Gasteiger partial charge in [0.2, 0.25) is 0 Å². The highest BCUT2D eigenvalue weighted by atomic mass is 16.7. The fourth-order valence-corrected chi connectivity index (χ4v) is 8.73. The topological polar surface area (TPSA) is 105 Å². The Bertz CT molecular complexity index is 887. The van der Waals surface area contributed by atoms with Gasteiger partial charge in [-0.2, -0.15) is 0 Å². The molecule has 5 rings (SSSR count). The van der Waals surface area contributed by atoms with Crippen molar-refractivity contribution in [1.29, 1.82) is 0 Å². The van der Waals surface area contributed by atoms with Crippen molar-refractivity contribution in [3.63, 3.8) is 0 Å². The molecule has 7 nitrogen and oxygen atoms in total. The van der Waals surface area contributed by atoms with Crippen LogP contribution in [0, 0.1) is 34.5 Å². The molecule has 4 aliphatic carbocycles. The molecule has 0 aromatic carbocycles. The Kier molecular flexibility index (Phi) is 7.18. The minimum Gasteiger partial charge on any atom is -0.463 e. The maximum absolute atomic E-state index is 11.2. The number of allylic oxidation sites excluding steroid dienone is 2. The number of carbonyl (C=O) groups excluding carboxylic acids is 1. The SMILES string of the molecule is C=C[C@H]1CC[C@H]2[C@@H]3CC=C4C[C@@H](O[C@@H]5O[C@@H](COC(C)=O)[C@@H](O)[C@@H](O)[C@@H]5O)CC[C@]4(C)[C@H]3CC[C@]12C. The summed E-state index contributed by atoms with van der Waals surface area (Å²) in [5.41, 5.74) is 2.04. The van der Waals surface area contributed by atoms with Crippen LogP contribution < -0.4 is 0 Å². The van der Waals surface area contributed by atoms with E-state index in [-0.39, 0.29) is 18.1 Å². The molecule has 3 N–H and O–H groups in total. The van der Waals surface area contributed by atoms with E-state index < -0.39 is 36.7 Å². The number of hydrogen-bond donors (Lipinski definition) is 3. The lowest BCUT2D eigenvalue weighted by molar-refractivity contribution is -0.313. The van der Waals surface area contributed by atoms with E-state index >= 15 is 0 Å². The molecule has 7 heteroatoms. The van der Waals surface area contributed by atoms with Gasteiger partial charge in [0.1, 0.15) is 31.0 Å². The van der Waals surface area contributed by atoms with Crippen molar-refractivity contribution in [3.05, 3.63) is 24.3 Å². The van der Waals surface area contributed by atoms with Gasteiger partial charge in [-0.15, -0.1) is 6.58 Å². The third kappa shape index (κ3) is 4.29. The molecular formula is C29H44O7. The molecule has 202 valence electrons. The number of ether oxygens (including phenoxy) is 3. The van der Waals surface area contributed by atoms with Crippen LogP contribution in [0.2, 0.25) is 0 Å². The van der Waals surface area contributed by atoms with Gasteiger partial charge in [0, 0.05) is 6.92 Å². The molecule has 5 aliphatic rings. The first kappa shape index (κ1) is 26.4. The molecule has 0 unspecified atom stereocenters. The van der Waals surface area contributed by atoms with Gasteiger partial charge < -0.3 is 29.5 Å². The number of rotatable bonds is 5. The monoisotopic (exact) mass is 504 g/mol. The van der Waals surface area contributed by atoms with Crippen molar-refractivity contribution in [2.75, 3.05) is 6.61 Å². The van der Waals surface area contributed by atoms with Gasteiger partial charge in [-0.3, -0.25) is 4.79 Å². The second-order valence-corrected chi connectivity index (χ2v) is 12.5. The Labute approximate surface area is 214 Å². The lowest BCUT2D eigenvalue weighted by Crippen LogP contribution is -2.60. The fourth-order valence-electron chi connectivity index (χ4n) is 8.73. The quantitative estimate of drug-likeness (QED) is 0.389. The van der Waals surface area contributed by atoms with E-state index in [4.69, 9.17) is 14.2 Å². The molecule has 3 saturated carbocycles. The first-order valence-electron chi connectivity index (χ1n) is 13.9. The zero-order valence-corrected chi connectivity index (χ0v) is 22.0. The summed E-state index contributed by atoms with van der Waals surface area (Å²) in [5.74, 6) is 2.35. The van der Waals surface area contributed by atoms with Gasteiger partial charge in [0.05, 0.1) is 6.10 Å². The van der Waals surface area contributed by atoms with Crippen LogP contribution in [-0.4, -0.2) is 64.7 Å². The number of carbonyl (C=O) groups is 1. The van der Waals surface area contributed by atoms with Crippen LogP contribution in [0.15, 0.2) is 24.3 Å². The minimum absolute atomic E-state index is 0.136. The zero-order chi connectivity index (χ0) is 25.8. The van der Waals surface area contributed by atoms with Crippen molar-refractivity contribution in [2.24, 2.45) is 34.5 Å². The number of fused-ring (bicyclic) bond motifs is 5. The predicted molar refractivity (Wildman–Crippen MR) is 134 cm³/mol. The normalized spacial score (nSPS) is 50.3. The van der Waals surface area contributed by atoms with Crippen LogP contribution in [-0.2, 0) is 19.0 Å². The van der Waals surface area contributed by atoms with Crippen molar-refractivity contribution in [2.45, 2.75) is 109 Å². The number of esters is 1. The molecule has 1 saturated heterocycles. The van der Waals surface area contributed by atoms with Crippen LogP contribution in [0.1, 0.15) is 72.1 Å². The summed E-state index contributed by atoms with van der Waals surface area (Å²) in [6, 6.07) is 0. The first-order chi connectivity index (χ1) is 17.1. The summed E-state index contributed by atoms with van der Waals surface area (Å²) in [6.07, 6.45) is 7.30. The molecule has 1 aliphatic heterocycles. The molecule has 0 spiro atoms. The number of aliphatic hydroxyl groups is 3. The third-order valence-electron chi connectivity index (χ3n) is 10.9. The average molecular weight is 505 g/mol. The maximum Gasteiger partial charge on any atom is 0.302 e. The van der Waals surface area contributed by atoms with Gasteiger partial charge >= 0.3 is 5.97 Å². The number of aliphatic hydroxyl groups excluding tert-OH is 3. The lowest BCUT2D eigenvalue weighted by atomic mass is 9.47. The zero-order valence-electron chi connectivity index (χ0n) is 22.0. The molecule has 0 bridgehead atoms. The summed E-state index contributed by atoms with van der Waals surface area (Å²) in [5, 5.41) is 31.1. The largest absolute Gasteiger partial charge is 0.463 e. The van der Waals surface area contributed by atoms with Gasteiger partial charge in [-0.1, -0.05) is 31.6 Å². The van der Waals surface area contributed by atoms with Gasteiger partial charge in [-0.25, -0.2) is 0 Å². The Balaban J connectivity index is 1.26. The molecule has 4 fully saturated rings. The van der Waals surface area contributed by atoms with E-state index in [1.807, 2.05) is 0 Å². The van der Waals surface area contributed by atoms with Crippen molar-refractivity contribution in [3.8, 4) is 0 Å². The van der Waals surface area contributed by atoms with Crippen LogP contribution in [0.5, 0.6) is 0 Å². The second kappa shape index (κ2) is 9.81. The van der Waals surface area contributed by atoms with Crippen molar-refractivity contribution in [1.82, 2.24) is 0 Å². The van der Waals surface area contributed by atoms with Gasteiger partial charge in [0.15, 0.2) is 6.29 Å². The molecule has 0 radical (unpaired) electrons. The smallest absolute Gasteiger partial charge is 0.302 e. The third-order valence-corrected chi connectivity index (χ3v) is 10.9. The van der Waals surface area contributed by atoms with Crippen molar-refractivity contribution >= 4 is 5.97 Å². The summed E-state index contributed by atoms with van der Waals surface area (Å²) in [7, 11) is 0. The highest BCUT2D eigenvalue weighted by molar-refractivity contribution is 5.65. The Morgan fingerprint density at radius 2 is 1.89 bits per heavy atom. The summed E-state index contributed by atoms with van der Waals surface area (Å²) in [4.78, 5) is 11.2. The molecule has 0 aromatic heterocycles. The van der Waals surface area contributed by atoms with Crippen LogP contribution >= 0.6 is 0 Å².